The minimum atomic E-state index is 0.0707. The molecule has 2 aliphatic rings. The highest BCUT2D eigenvalue weighted by Crippen LogP contribution is 2.36. The van der Waals surface area contributed by atoms with Crippen LogP contribution in [0.5, 0.6) is 0 Å². The number of amides is 2. The number of urea groups is 1. The molecule has 1 aromatic rings. The number of carbonyl (C=O) groups excluding carboxylic acids is 1. The summed E-state index contributed by atoms with van der Waals surface area (Å²) in [6.45, 7) is 4.32. The second-order valence-electron chi connectivity index (χ2n) is 5.66. The van der Waals surface area contributed by atoms with Crippen LogP contribution in [0.25, 0.3) is 0 Å². The number of nitrogens with one attached hydrogen (secondary N) is 2. The van der Waals surface area contributed by atoms with Crippen molar-refractivity contribution < 1.29 is 4.79 Å². The summed E-state index contributed by atoms with van der Waals surface area (Å²) in [5.74, 6) is 1.17. The minimum absolute atomic E-state index is 0.0707. The number of carbonyl (C=O) groups is 1. The van der Waals surface area contributed by atoms with Gasteiger partial charge in [-0.1, -0.05) is 18.2 Å². The van der Waals surface area contributed by atoms with Crippen LogP contribution in [0.15, 0.2) is 29.2 Å². The third-order valence-electron chi connectivity index (χ3n) is 4.20. The van der Waals surface area contributed by atoms with Crippen LogP contribution in [0.3, 0.4) is 0 Å². The summed E-state index contributed by atoms with van der Waals surface area (Å²) in [4.78, 5) is 15.2. The van der Waals surface area contributed by atoms with Gasteiger partial charge in [0.1, 0.15) is 0 Å². The summed E-state index contributed by atoms with van der Waals surface area (Å²) in [6, 6.07) is 9.59. The number of rotatable bonds is 3. The lowest BCUT2D eigenvalue weighted by molar-refractivity contribution is 0.208. The van der Waals surface area contributed by atoms with Crippen molar-refractivity contribution in [3.8, 4) is 0 Å². The molecule has 2 amide bonds. The first-order valence-electron chi connectivity index (χ1n) is 7.78. The molecule has 2 N–H and O–H groups in total. The molecule has 0 aromatic heterocycles. The molecule has 21 heavy (non-hydrogen) atoms. The van der Waals surface area contributed by atoms with E-state index < -0.39 is 0 Å². The fraction of sp³-hybridized carbons (Fsp3) is 0.562. The molecule has 2 aliphatic heterocycles. The Labute approximate surface area is 130 Å². The highest BCUT2D eigenvalue weighted by atomic mass is 32.2. The molecular formula is C16H23N3OS. The van der Waals surface area contributed by atoms with Gasteiger partial charge in [0.05, 0.1) is 0 Å². The number of hydrogen-bond donors (Lipinski definition) is 2. The molecule has 1 aromatic carbocycles. The maximum absolute atomic E-state index is 11.9. The van der Waals surface area contributed by atoms with Crippen molar-refractivity contribution in [2.24, 2.45) is 0 Å². The lowest BCUT2D eigenvalue weighted by Gasteiger charge is -2.28. The van der Waals surface area contributed by atoms with Crippen molar-refractivity contribution in [3.63, 3.8) is 0 Å². The van der Waals surface area contributed by atoms with Gasteiger partial charge in [-0.2, -0.15) is 0 Å². The second-order valence-corrected chi connectivity index (χ2v) is 6.80. The zero-order chi connectivity index (χ0) is 14.7. The van der Waals surface area contributed by atoms with Crippen LogP contribution in [0.1, 0.15) is 31.4 Å². The Bertz CT molecular complexity index is 508. The molecule has 0 saturated carbocycles. The van der Waals surface area contributed by atoms with Gasteiger partial charge in [-0.05, 0) is 37.1 Å². The van der Waals surface area contributed by atoms with Crippen molar-refractivity contribution in [2.45, 2.75) is 36.7 Å². The Hall–Kier alpha value is -1.20. The molecule has 1 fully saturated rings. The molecule has 114 valence electrons. The van der Waals surface area contributed by atoms with Gasteiger partial charge >= 0.3 is 6.03 Å². The summed E-state index contributed by atoms with van der Waals surface area (Å²) in [5.41, 5.74) is 1.42. The van der Waals surface area contributed by atoms with Crippen molar-refractivity contribution in [1.29, 1.82) is 0 Å². The van der Waals surface area contributed by atoms with Crippen LogP contribution >= 0.6 is 11.8 Å². The fourth-order valence-electron chi connectivity index (χ4n) is 3.14. The van der Waals surface area contributed by atoms with E-state index in [9.17, 15) is 4.79 Å². The molecular weight excluding hydrogens is 282 g/mol. The van der Waals surface area contributed by atoms with E-state index in [0.29, 0.717) is 18.6 Å². The molecule has 0 spiro atoms. The number of likely N-dealkylation sites (tertiary alicyclic amines) is 1. The van der Waals surface area contributed by atoms with Crippen LogP contribution in [-0.2, 0) is 0 Å². The zero-order valence-electron chi connectivity index (χ0n) is 12.5. The predicted molar refractivity (Wildman–Crippen MR) is 86.7 cm³/mol. The van der Waals surface area contributed by atoms with Crippen LogP contribution in [0.2, 0.25) is 0 Å². The molecule has 4 nitrogen and oxygen atoms in total. The van der Waals surface area contributed by atoms with E-state index in [4.69, 9.17) is 0 Å². The largest absolute Gasteiger partial charge is 0.338 e. The van der Waals surface area contributed by atoms with E-state index in [1.54, 1.807) is 0 Å². The average molecular weight is 305 g/mol. The molecule has 2 heterocycles. The summed E-state index contributed by atoms with van der Waals surface area (Å²) in [6.07, 6.45) is 2.21. The molecule has 3 rings (SSSR count). The van der Waals surface area contributed by atoms with E-state index in [-0.39, 0.29) is 6.03 Å². The van der Waals surface area contributed by atoms with Crippen molar-refractivity contribution in [3.05, 3.63) is 29.8 Å². The maximum atomic E-state index is 11.9. The Morgan fingerprint density at radius 1 is 1.38 bits per heavy atom. The maximum Gasteiger partial charge on any atom is 0.317 e. The molecule has 0 bridgehead atoms. The van der Waals surface area contributed by atoms with Gasteiger partial charge in [-0.15, -0.1) is 11.8 Å². The summed E-state index contributed by atoms with van der Waals surface area (Å²) in [7, 11) is 0. The monoisotopic (exact) mass is 305 g/mol. The average Bonchev–Trinajstić information content (AvgIpc) is 2.97. The number of fused-ring (bicyclic) bond motifs is 1. The first-order chi connectivity index (χ1) is 10.3. The SMILES string of the molecule is CCNC(=O)N1CC[C@H](N[C@@H]2CCSc3ccccc32)C1. The van der Waals surface area contributed by atoms with Crippen molar-refractivity contribution in [1.82, 2.24) is 15.5 Å². The summed E-state index contributed by atoms with van der Waals surface area (Å²) in [5, 5.41) is 6.65. The van der Waals surface area contributed by atoms with E-state index in [0.717, 1.165) is 19.5 Å². The van der Waals surface area contributed by atoms with Gasteiger partial charge in [-0.3, -0.25) is 0 Å². The van der Waals surface area contributed by atoms with Gasteiger partial charge in [0.25, 0.3) is 0 Å². The standard InChI is InChI=1S/C16H23N3OS/c1-2-17-16(20)19-9-7-12(11-19)18-14-8-10-21-15-6-4-3-5-13(14)15/h3-6,12,14,18H,2,7-11H2,1H3,(H,17,20)/t12-,14+/m0/s1. The molecule has 5 heteroatoms. The highest BCUT2D eigenvalue weighted by molar-refractivity contribution is 7.99. The van der Waals surface area contributed by atoms with Gasteiger partial charge in [0.15, 0.2) is 0 Å². The van der Waals surface area contributed by atoms with Gasteiger partial charge in [0.2, 0.25) is 0 Å². The van der Waals surface area contributed by atoms with Crippen LogP contribution in [-0.4, -0.2) is 42.4 Å². The Morgan fingerprint density at radius 2 is 2.24 bits per heavy atom. The lowest BCUT2D eigenvalue weighted by Crippen LogP contribution is -2.41. The Kier molecular flexibility index (Phi) is 4.70. The third kappa shape index (κ3) is 3.35. The zero-order valence-corrected chi connectivity index (χ0v) is 13.3. The quantitative estimate of drug-likeness (QED) is 0.902. The first-order valence-corrected chi connectivity index (χ1v) is 8.77. The minimum Gasteiger partial charge on any atom is -0.338 e. The molecule has 0 aliphatic carbocycles. The topological polar surface area (TPSA) is 44.4 Å². The second kappa shape index (κ2) is 6.71. The predicted octanol–water partition coefficient (Wildman–Crippen LogP) is 2.62. The number of benzene rings is 1. The summed E-state index contributed by atoms with van der Waals surface area (Å²) >= 11 is 1.95. The van der Waals surface area contributed by atoms with Crippen LogP contribution in [0, 0.1) is 0 Å². The van der Waals surface area contributed by atoms with E-state index >= 15 is 0 Å². The smallest absolute Gasteiger partial charge is 0.317 e. The van der Waals surface area contributed by atoms with Gasteiger partial charge < -0.3 is 15.5 Å². The van der Waals surface area contributed by atoms with Crippen molar-refractivity contribution >= 4 is 17.8 Å². The fourth-order valence-corrected chi connectivity index (χ4v) is 4.27. The summed E-state index contributed by atoms with van der Waals surface area (Å²) < 4.78 is 0. The molecule has 0 radical (unpaired) electrons. The number of nitrogens with zero attached hydrogens (tertiary/aromatic N) is 1. The van der Waals surface area contributed by atoms with E-state index in [1.165, 1.54) is 22.6 Å². The van der Waals surface area contributed by atoms with Crippen LogP contribution in [0.4, 0.5) is 4.79 Å². The van der Waals surface area contributed by atoms with Crippen molar-refractivity contribution in [2.75, 3.05) is 25.4 Å². The Morgan fingerprint density at radius 3 is 3.10 bits per heavy atom. The Balaban J connectivity index is 1.60. The highest BCUT2D eigenvalue weighted by Gasteiger charge is 2.29. The number of hydrogen-bond acceptors (Lipinski definition) is 3. The number of thioether (sulfide) groups is 1. The molecule has 0 unspecified atom stereocenters. The van der Waals surface area contributed by atoms with E-state index in [2.05, 4.69) is 34.9 Å². The molecule has 1 saturated heterocycles. The van der Waals surface area contributed by atoms with Gasteiger partial charge in [-0.25, -0.2) is 4.79 Å². The van der Waals surface area contributed by atoms with Gasteiger partial charge in [0, 0.05) is 36.6 Å². The van der Waals surface area contributed by atoms with E-state index in [1.807, 2.05) is 23.6 Å². The third-order valence-corrected chi connectivity index (χ3v) is 5.32. The lowest BCUT2D eigenvalue weighted by atomic mass is 10.0. The normalized spacial score (nSPS) is 24.7. The molecule has 2 atom stereocenters. The first kappa shape index (κ1) is 14.7. The van der Waals surface area contributed by atoms with Crippen LogP contribution < -0.4 is 10.6 Å².